The Morgan fingerprint density at radius 1 is 1.26 bits per heavy atom. The summed E-state index contributed by atoms with van der Waals surface area (Å²) in [6.07, 6.45) is 1.66. The normalized spacial score (nSPS) is 16.5. The molecule has 1 atom stereocenters. The van der Waals surface area contributed by atoms with Crippen LogP contribution in [0.5, 0.6) is 5.75 Å². The second-order valence-electron chi connectivity index (χ2n) is 6.32. The lowest BCUT2D eigenvalue weighted by Crippen LogP contribution is -2.30. The van der Waals surface area contributed by atoms with Crippen molar-refractivity contribution in [2.24, 2.45) is 0 Å². The summed E-state index contributed by atoms with van der Waals surface area (Å²) in [7, 11) is 1.58. The minimum atomic E-state index is -0.243. The summed E-state index contributed by atoms with van der Waals surface area (Å²) in [4.78, 5) is 19.3. The monoisotopic (exact) mass is 383 g/mol. The minimum Gasteiger partial charge on any atom is -0.497 e. The van der Waals surface area contributed by atoms with Crippen LogP contribution in [0.4, 0.5) is 0 Å². The molecule has 138 valence electrons. The van der Waals surface area contributed by atoms with Crippen LogP contribution >= 0.6 is 11.6 Å². The molecule has 1 fully saturated rings. The molecule has 1 unspecified atom stereocenters. The number of hydrogen-bond acceptors (Lipinski definition) is 5. The highest BCUT2D eigenvalue weighted by atomic mass is 35.5. The molecule has 0 bridgehead atoms. The number of amides is 1. The van der Waals surface area contributed by atoms with E-state index in [4.69, 9.17) is 20.9 Å². The van der Waals surface area contributed by atoms with Gasteiger partial charge in [-0.25, -0.2) is 0 Å². The molecule has 1 amide bonds. The number of aromatic nitrogens is 2. The summed E-state index contributed by atoms with van der Waals surface area (Å²) >= 11 is 6.22. The van der Waals surface area contributed by atoms with E-state index < -0.39 is 0 Å². The van der Waals surface area contributed by atoms with Gasteiger partial charge in [0.15, 0.2) is 0 Å². The fraction of sp³-hybridized carbons (Fsp3) is 0.250. The predicted molar refractivity (Wildman–Crippen MR) is 101 cm³/mol. The number of rotatable bonds is 4. The maximum Gasteiger partial charge on any atom is 0.254 e. The van der Waals surface area contributed by atoms with Crippen molar-refractivity contribution < 1.29 is 14.1 Å². The Morgan fingerprint density at radius 2 is 2.11 bits per heavy atom. The molecule has 6 nitrogen and oxygen atoms in total. The minimum absolute atomic E-state index is 0.0751. The van der Waals surface area contributed by atoms with Crippen molar-refractivity contribution in [2.75, 3.05) is 13.7 Å². The molecule has 27 heavy (non-hydrogen) atoms. The van der Waals surface area contributed by atoms with E-state index in [1.807, 2.05) is 24.3 Å². The van der Waals surface area contributed by atoms with Crippen molar-refractivity contribution in [2.45, 2.75) is 18.9 Å². The standard InChI is InChI=1S/C20H18ClN3O3/c1-26-14-7-4-6-13(12-14)20(25)24-11-5-10-17(24)19-22-18(23-27-19)15-8-2-3-9-16(15)21/h2-4,6-9,12,17H,5,10-11H2,1H3. The van der Waals surface area contributed by atoms with E-state index in [1.54, 1.807) is 36.3 Å². The molecule has 1 saturated heterocycles. The summed E-state index contributed by atoms with van der Waals surface area (Å²) in [6, 6.07) is 14.2. The molecule has 3 aromatic rings. The molecule has 0 N–H and O–H groups in total. The fourth-order valence-electron chi connectivity index (χ4n) is 3.31. The smallest absolute Gasteiger partial charge is 0.254 e. The summed E-state index contributed by atoms with van der Waals surface area (Å²) in [5.41, 5.74) is 1.28. The van der Waals surface area contributed by atoms with Crippen molar-refractivity contribution in [1.82, 2.24) is 15.0 Å². The summed E-state index contributed by atoms with van der Waals surface area (Å²) < 4.78 is 10.7. The van der Waals surface area contributed by atoms with E-state index in [0.29, 0.717) is 40.2 Å². The molecule has 2 aromatic carbocycles. The number of ether oxygens (including phenoxy) is 1. The van der Waals surface area contributed by atoms with E-state index >= 15 is 0 Å². The zero-order valence-corrected chi connectivity index (χ0v) is 15.5. The Hall–Kier alpha value is -2.86. The van der Waals surface area contributed by atoms with Crippen molar-refractivity contribution >= 4 is 17.5 Å². The quantitative estimate of drug-likeness (QED) is 0.668. The Morgan fingerprint density at radius 3 is 2.93 bits per heavy atom. The van der Waals surface area contributed by atoms with Gasteiger partial charge in [-0.05, 0) is 43.2 Å². The van der Waals surface area contributed by atoms with Crippen molar-refractivity contribution in [1.29, 1.82) is 0 Å². The first-order chi connectivity index (χ1) is 13.2. The number of nitrogens with zero attached hydrogens (tertiary/aromatic N) is 3. The van der Waals surface area contributed by atoms with Gasteiger partial charge in [0.2, 0.25) is 11.7 Å². The highest BCUT2D eigenvalue weighted by Crippen LogP contribution is 2.34. The zero-order chi connectivity index (χ0) is 18.8. The van der Waals surface area contributed by atoms with Crippen LogP contribution in [0.1, 0.15) is 35.1 Å². The van der Waals surface area contributed by atoms with Crippen molar-refractivity contribution in [3.63, 3.8) is 0 Å². The molecule has 2 heterocycles. The molecule has 1 aliphatic rings. The molecule has 0 aliphatic carbocycles. The van der Waals surface area contributed by atoms with Gasteiger partial charge >= 0.3 is 0 Å². The van der Waals surface area contributed by atoms with Crippen LogP contribution in [0.25, 0.3) is 11.4 Å². The van der Waals surface area contributed by atoms with Gasteiger partial charge in [-0.2, -0.15) is 4.98 Å². The average molecular weight is 384 g/mol. The highest BCUT2D eigenvalue weighted by molar-refractivity contribution is 6.33. The van der Waals surface area contributed by atoms with Crippen LogP contribution < -0.4 is 4.74 Å². The maximum absolute atomic E-state index is 13.0. The molecule has 1 aliphatic heterocycles. The predicted octanol–water partition coefficient (Wildman–Crippen LogP) is 4.38. The lowest BCUT2D eigenvalue weighted by Gasteiger charge is -2.22. The van der Waals surface area contributed by atoms with Gasteiger partial charge in [0, 0.05) is 17.7 Å². The van der Waals surface area contributed by atoms with Gasteiger partial charge in [-0.15, -0.1) is 0 Å². The highest BCUT2D eigenvalue weighted by Gasteiger charge is 2.34. The first-order valence-electron chi connectivity index (χ1n) is 8.71. The average Bonchev–Trinajstić information content (AvgIpc) is 3.37. The third-order valence-corrected chi connectivity index (χ3v) is 5.00. The topological polar surface area (TPSA) is 68.5 Å². The molecule has 0 saturated carbocycles. The van der Waals surface area contributed by atoms with E-state index in [0.717, 1.165) is 12.8 Å². The third kappa shape index (κ3) is 3.40. The van der Waals surface area contributed by atoms with Gasteiger partial charge in [0.05, 0.1) is 12.1 Å². The van der Waals surface area contributed by atoms with Crippen LogP contribution in [0, 0.1) is 0 Å². The van der Waals surface area contributed by atoms with Crippen LogP contribution in [0.15, 0.2) is 53.1 Å². The van der Waals surface area contributed by atoms with E-state index in [-0.39, 0.29) is 11.9 Å². The van der Waals surface area contributed by atoms with Gasteiger partial charge in [0.1, 0.15) is 11.8 Å². The summed E-state index contributed by atoms with van der Waals surface area (Å²) in [6.45, 7) is 0.643. The lowest BCUT2D eigenvalue weighted by atomic mass is 10.1. The molecular weight excluding hydrogens is 366 g/mol. The van der Waals surface area contributed by atoms with E-state index in [1.165, 1.54) is 0 Å². The second-order valence-corrected chi connectivity index (χ2v) is 6.73. The Labute approximate surface area is 161 Å². The number of carbonyl (C=O) groups excluding carboxylic acids is 1. The van der Waals surface area contributed by atoms with E-state index in [9.17, 15) is 4.79 Å². The van der Waals surface area contributed by atoms with Crippen LogP contribution in [-0.4, -0.2) is 34.6 Å². The third-order valence-electron chi connectivity index (χ3n) is 4.67. The number of hydrogen-bond donors (Lipinski definition) is 0. The molecular formula is C20H18ClN3O3. The SMILES string of the molecule is COc1cccc(C(=O)N2CCCC2c2nc(-c3ccccc3Cl)no2)c1. The van der Waals surface area contributed by atoms with Crippen molar-refractivity contribution in [3.8, 4) is 17.1 Å². The Bertz CT molecular complexity index is 972. The van der Waals surface area contributed by atoms with Crippen LogP contribution in [-0.2, 0) is 0 Å². The van der Waals surface area contributed by atoms with E-state index in [2.05, 4.69) is 10.1 Å². The first kappa shape index (κ1) is 17.5. The Kier molecular flexibility index (Phi) is 4.81. The number of likely N-dealkylation sites (tertiary alicyclic amines) is 1. The summed E-state index contributed by atoms with van der Waals surface area (Å²) in [5.74, 6) is 1.43. The second kappa shape index (κ2) is 7.40. The number of carbonyl (C=O) groups is 1. The van der Waals surface area contributed by atoms with Gasteiger partial charge < -0.3 is 14.2 Å². The fourth-order valence-corrected chi connectivity index (χ4v) is 3.53. The van der Waals surface area contributed by atoms with Gasteiger partial charge in [0.25, 0.3) is 5.91 Å². The summed E-state index contributed by atoms with van der Waals surface area (Å²) in [5, 5.41) is 4.61. The first-order valence-corrected chi connectivity index (χ1v) is 9.08. The Balaban J connectivity index is 1.60. The zero-order valence-electron chi connectivity index (χ0n) is 14.8. The molecule has 0 spiro atoms. The molecule has 4 rings (SSSR count). The van der Waals surface area contributed by atoms with Gasteiger partial charge in [-0.3, -0.25) is 4.79 Å². The van der Waals surface area contributed by atoms with Gasteiger partial charge in [-0.1, -0.05) is 35.0 Å². The maximum atomic E-state index is 13.0. The van der Waals surface area contributed by atoms with Crippen molar-refractivity contribution in [3.05, 3.63) is 65.0 Å². The number of methoxy groups -OCH3 is 1. The largest absolute Gasteiger partial charge is 0.497 e. The lowest BCUT2D eigenvalue weighted by molar-refractivity contribution is 0.0709. The number of halogens is 1. The van der Waals surface area contributed by atoms with Crippen LogP contribution in [0.2, 0.25) is 5.02 Å². The molecule has 1 aromatic heterocycles. The molecule has 0 radical (unpaired) electrons. The molecule has 7 heteroatoms. The van der Waals surface area contributed by atoms with Crippen LogP contribution in [0.3, 0.4) is 0 Å². The number of benzene rings is 2.